The number of likely N-dealkylation sites (tertiary alicyclic amines) is 1. The Balaban J connectivity index is 1.74. The lowest BCUT2D eigenvalue weighted by Crippen LogP contribution is -2.43. The van der Waals surface area contributed by atoms with Crippen LogP contribution in [0.1, 0.15) is 39.7 Å². The standard InChI is InChI=1S/C19H28N2O4/c1-14(20-18(23)25-19(2,3)4)17(22)24-16-10-11-21(13-16)12-15-8-6-5-7-9-15/h5-9,14,16H,10-13H2,1-4H3,(H,20,23)/t14?,16-/m1/s1. The predicted octanol–water partition coefficient (Wildman–Crippen LogP) is 2.72. The van der Waals surface area contributed by atoms with Crippen LogP contribution in [0.3, 0.4) is 0 Å². The monoisotopic (exact) mass is 348 g/mol. The number of carbonyl (C=O) groups is 2. The van der Waals surface area contributed by atoms with Crippen molar-refractivity contribution in [3.05, 3.63) is 35.9 Å². The molecule has 0 bridgehead atoms. The Morgan fingerprint density at radius 3 is 2.60 bits per heavy atom. The number of benzene rings is 1. The molecule has 1 fully saturated rings. The van der Waals surface area contributed by atoms with Gasteiger partial charge in [-0.15, -0.1) is 0 Å². The molecule has 138 valence electrons. The maximum absolute atomic E-state index is 12.2. The number of nitrogens with zero attached hydrogens (tertiary/aromatic N) is 1. The zero-order valence-electron chi connectivity index (χ0n) is 15.5. The minimum Gasteiger partial charge on any atom is -0.459 e. The number of carbonyl (C=O) groups excluding carboxylic acids is 2. The average Bonchev–Trinajstić information content (AvgIpc) is 2.93. The van der Waals surface area contributed by atoms with Gasteiger partial charge in [0.15, 0.2) is 0 Å². The van der Waals surface area contributed by atoms with E-state index in [0.717, 1.165) is 19.5 Å². The molecule has 6 nitrogen and oxygen atoms in total. The highest BCUT2D eigenvalue weighted by molar-refractivity contribution is 5.81. The summed E-state index contributed by atoms with van der Waals surface area (Å²) in [6.45, 7) is 9.37. The number of amides is 1. The van der Waals surface area contributed by atoms with Crippen LogP contribution in [0.5, 0.6) is 0 Å². The van der Waals surface area contributed by atoms with Gasteiger partial charge in [-0.05, 0) is 39.7 Å². The third kappa shape index (κ3) is 6.74. The van der Waals surface area contributed by atoms with E-state index in [0.29, 0.717) is 6.54 Å². The molecule has 0 aromatic heterocycles. The number of hydrogen-bond acceptors (Lipinski definition) is 5. The topological polar surface area (TPSA) is 67.9 Å². The molecule has 2 atom stereocenters. The molecule has 1 heterocycles. The number of ether oxygens (including phenoxy) is 2. The molecular formula is C19H28N2O4. The van der Waals surface area contributed by atoms with Crippen molar-refractivity contribution in [2.45, 2.75) is 58.4 Å². The summed E-state index contributed by atoms with van der Waals surface area (Å²) in [6.07, 6.45) is 0.0470. The number of nitrogens with one attached hydrogen (secondary N) is 1. The lowest BCUT2D eigenvalue weighted by molar-refractivity contribution is -0.150. The second-order valence-corrected chi connectivity index (χ2v) is 7.44. The summed E-state index contributed by atoms with van der Waals surface area (Å²) in [6, 6.07) is 9.48. The molecule has 1 aromatic carbocycles. The average molecular weight is 348 g/mol. The highest BCUT2D eigenvalue weighted by Crippen LogP contribution is 2.16. The molecule has 1 aliphatic heterocycles. The van der Waals surface area contributed by atoms with Gasteiger partial charge in [-0.2, -0.15) is 0 Å². The van der Waals surface area contributed by atoms with Crippen molar-refractivity contribution in [3.63, 3.8) is 0 Å². The first-order chi connectivity index (χ1) is 11.7. The van der Waals surface area contributed by atoms with E-state index in [9.17, 15) is 9.59 Å². The third-order valence-corrected chi connectivity index (χ3v) is 3.85. The molecule has 1 aromatic rings. The van der Waals surface area contributed by atoms with Gasteiger partial charge < -0.3 is 14.8 Å². The first kappa shape index (κ1) is 19.2. The van der Waals surface area contributed by atoms with Crippen LogP contribution in [0, 0.1) is 0 Å². The highest BCUT2D eigenvalue weighted by Gasteiger charge is 2.28. The number of alkyl carbamates (subject to hydrolysis) is 1. The van der Waals surface area contributed by atoms with Crippen molar-refractivity contribution in [1.82, 2.24) is 10.2 Å². The van der Waals surface area contributed by atoms with Gasteiger partial charge in [-0.25, -0.2) is 9.59 Å². The molecule has 0 saturated carbocycles. The van der Waals surface area contributed by atoms with E-state index in [-0.39, 0.29) is 6.10 Å². The first-order valence-corrected chi connectivity index (χ1v) is 8.69. The van der Waals surface area contributed by atoms with Gasteiger partial charge in [0.2, 0.25) is 0 Å². The summed E-state index contributed by atoms with van der Waals surface area (Å²) in [5.74, 6) is -0.433. The van der Waals surface area contributed by atoms with Gasteiger partial charge in [0.25, 0.3) is 0 Å². The SMILES string of the molecule is CC(NC(=O)OC(C)(C)C)C(=O)O[C@@H]1CCN(Cc2ccccc2)C1. The van der Waals surface area contributed by atoms with E-state index in [1.54, 1.807) is 27.7 Å². The molecule has 1 saturated heterocycles. The fourth-order valence-corrected chi connectivity index (χ4v) is 2.69. The van der Waals surface area contributed by atoms with Crippen LogP contribution in [0.15, 0.2) is 30.3 Å². The first-order valence-electron chi connectivity index (χ1n) is 8.69. The predicted molar refractivity (Wildman–Crippen MR) is 95.0 cm³/mol. The van der Waals surface area contributed by atoms with Gasteiger partial charge in [-0.1, -0.05) is 30.3 Å². The fraction of sp³-hybridized carbons (Fsp3) is 0.579. The second-order valence-electron chi connectivity index (χ2n) is 7.44. The van der Waals surface area contributed by atoms with Crippen LogP contribution in [0.2, 0.25) is 0 Å². The molecule has 1 amide bonds. The summed E-state index contributed by atoms with van der Waals surface area (Å²) in [5, 5.41) is 2.51. The van der Waals surface area contributed by atoms with Gasteiger partial charge in [-0.3, -0.25) is 4.90 Å². The van der Waals surface area contributed by atoms with E-state index in [1.807, 2.05) is 18.2 Å². The lowest BCUT2D eigenvalue weighted by atomic mass is 10.2. The van der Waals surface area contributed by atoms with Crippen LogP contribution in [0.25, 0.3) is 0 Å². The summed E-state index contributed by atoms with van der Waals surface area (Å²) < 4.78 is 10.7. The van der Waals surface area contributed by atoms with Crippen LogP contribution >= 0.6 is 0 Å². The molecule has 0 radical (unpaired) electrons. The Kier molecular flexibility index (Phi) is 6.42. The lowest BCUT2D eigenvalue weighted by Gasteiger charge is -2.22. The minimum atomic E-state index is -0.738. The summed E-state index contributed by atoms with van der Waals surface area (Å²) >= 11 is 0. The van der Waals surface area contributed by atoms with Gasteiger partial charge in [0.05, 0.1) is 0 Å². The molecule has 0 spiro atoms. The third-order valence-electron chi connectivity index (χ3n) is 3.85. The van der Waals surface area contributed by atoms with E-state index in [4.69, 9.17) is 9.47 Å². The van der Waals surface area contributed by atoms with E-state index >= 15 is 0 Å². The smallest absolute Gasteiger partial charge is 0.408 e. The van der Waals surface area contributed by atoms with E-state index in [2.05, 4.69) is 22.3 Å². The van der Waals surface area contributed by atoms with Crippen LogP contribution in [-0.2, 0) is 20.8 Å². The minimum absolute atomic E-state index is 0.140. The Labute approximate surface area is 149 Å². The van der Waals surface area contributed by atoms with Crippen molar-refractivity contribution >= 4 is 12.1 Å². The molecule has 1 N–H and O–H groups in total. The fourth-order valence-electron chi connectivity index (χ4n) is 2.69. The molecular weight excluding hydrogens is 320 g/mol. The normalized spacial score (nSPS) is 19.3. The largest absolute Gasteiger partial charge is 0.459 e. The van der Waals surface area contributed by atoms with Crippen molar-refractivity contribution < 1.29 is 19.1 Å². The summed E-state index contributed by atoms with van der Waals surface area (Å²) in [7, 11) is 0. The number of esters is 1. The van der Waals surface area contributed by atoms with Gasteiger partial charge in [0, 0.05) is 19.6 Å². The van der Waals surface area contributed by atoms with Crippen LogP contribution in [-0.4, -0.2) is 47.8 Å². The number of hydrogen-bond donors (Lipinski definition) is 1. The summed E-state index contributed by atoms with van der Waals surface area (Å²) in [5.41, 5.74) is 0.645. The number of rotatable bonds is 5. The zero-order chi connectivity index (χ0) is 18.4. The molecule has 0 aliphatic carbocycles. The van der Waals surface area contributed by atoms with Gasteiger partial charge in [0.1, 0.15) is 17.7 Å². The van der Waals surface area contributed by atoms with Crippen molar-refractivity contribution in [2.24, 2.45) is 0 Å². The highest BCUT2D eigenvalue weighted by atomic mass is 16.6. The second kappa shape index (κ2) is 8.34. The molecule has 1 aliphatic rings. The van der Waals surface area contributed by atoms with E-state index in [1.165, 1.54) is 5.56 Å². The Morgan fingerprint density at radius 2 is 1.96 bits per heavy atom. The van der Waals surface area contributed by atoms with Crippen LogP contribution < -0.4 is 5.32 Å². The van der Waals surface area contributed by atoms with Gasteiger partial charge >= 0.3 is 12.1 Å². The molecule has 6 heteroatoms. The molecule has 2 rings (SSSR count). The Morgan fingerprint density at radius 1 is 1.28 bits per heavy atom. The summed E-state index contributed by atoms with van der Waals surface area (Å²) in [4.78, 5) is 26.1. The zero-order valence-corrected chi connectivity index (χ0v) is 15.5. The van der Waals surface area contributed by atoms with Crippen molar-refractivity contribution in [3.8, 4) is 0 Å². The van der Waals surface area contributed by atoms with Crippen LogP contribution in [0.4, 0.5) is 4.79 Å². The quantitative estimate of drug-likeness (QED) is 0.829. The molecule has 25 heavy (non-hydrogen) atoms. The molecule has 1 unspecified atom stereocenters. The maximum atomic E-state index is 12.2. The van der Waals surface area contributed by atoms with Crippen molar-refractivity contribution in [1.29, 1.82) is 0 Å². The Hall–Kier alpha value is -2.08. The van der Waals surface area contributed by atoms with E-state index < -0.39 is 23.7 Å². The Bertz CT molecular complexity index is 583. The van der Waals surface area contributed by atoms with Crippen molar-refractivity contribution in [2.75, 3.05) is 13.1 Å². The maximum Gasteiger partial charge on any atom is 0.408 e.